The third kappa shape index (κ3) is 7.09. The van der Waals surface area contributed by atoms with Crippen LogP contribution in [-0.2, 0) is 28.7 Å². The zero-order valence-corrected chi connectivity index (χ0v) is 22.2. The first kappa shape index (κ1) is 26.8. The van der Waals surface area contributed by atoms with Crippen molar-refractivity contribution < 1.29 is 13.4 Å². The first-order chi connectivity index (χ1) is 16.5. The van der Waals surface area contributed by atoms with E-state index >= 15 is 0 Å². The van der Waals surface area contributed by atoms with Gasteiger partial charge in [0.05, 0.1) is 11.3 Å². The van der Waals surface area contributed by atoms with Gasteiger partial charge in [-0.2, -0.15) is 0 Å². The van der Waals surface area contributed by atoms with E-state index in [0.717, 1.165) is 39.9 Å². The summed E-state index contributed by atoms with van der Waals surface area (Å²) in [6, 6.07) is 18.1. The van der Waals surface area contributed by atoms with Crippen molar-refractivity contribution in [1.29, 1.82) is 0 Å². The molecule has 1 unspecified atom stereocenters. The van der Waals surface area contributed by atoms with Crippen LogP contribution in [0.3, 0.4) is 0 Å². The topological polar surface area (TPSA) is 49.4 Å². The van der Waals surface area contributed by atoms with Crippen molar-refractivity contribution in [2.24, 2.45) is 0 Å². The molecule has 4 nitrogen and oxygen atoms in total. The van der Waals surface area contributed by atoms with Gasteiger partial charge in [0.15, 0.2) is 11.0 Å². The fourth-order valence-electron chi connectivity index (χ4n) is 4.23. The molecule has 0 heterocycles. The lowest BCUT2D eigenvalue weighted by Crippen LogP contribution is -2.28. The molecule has 0 spiro atoms. The van der Waals surface area contributed by atoms with Gasteiger partial charge in [-0.1, -0.05) is 64.1 Å². The van der Waals surface area contributed by atoms with Gasteiger partial charge in [-0.3, -0.25) is 9.52 Å². The zero-order chi connectivity index (χ0) is 25.7. The highest BCUT2D eigenvalue weighted by molar-refractivity contribution is 7.83. The van der Waals surface area contributed by atoms with Gasteiger partial charge in [-0.05, 0) is 83.6 Å². The lowest BCUT2D eigenvalue weighted by atomic mass is 9.84. The molecule has 0 aromatic heterocycles. The first-order valence-electron chi connectivity index (χ1n) is 11.9. The van der Waals surface area contributed by atoms with Crippen molar-refractivity contribution in [3.63, 3.8) is 0 Å². The van der Waals surface area contributed by atoms with E-state index in [2.05, 4.69) is 37.3 Å². The van der Waals surface area contributed by atoms with Crippen LogP contribution in [0, 0.1) is 5.82 Å². The number of hydrogen-bond donors (Lipinski definition) is 1. The molecule has 1 N–H and O–H groups in total. The molecule has 0 saturated carbocycles. The molecule has 1 atom stereocenters. The van der Waals surface area contributed by atoms with E-state index in [9.17, 15) is 13.4 Å². The van der Waals surface area contributed by atoms with E-state index in [0.29, 0.717) is 4.90 Å². The standard InChI is InChI=1S/C29H35FN2O2S/c1-19(2)26-15-23(22-8-7-9-24(30)14-22)16-27(20(3)4)28(26)17-29(33)31-35(34)25-12-10-21(11-13-25)18-32(5)6/h7-16,19-20H,17-18H2,1-6H3,(H,31,33). The molecule has 0 saturated heterocycles. The lowest BCUT2D eigenvalue weighted by molar-refractivity contribution is -0.118. The fraction of sp³-hybridized carbons (Fsp3) is 0.345. The summed E-state index contributed by atoms with van der Waals surface area (Å²) in [5, 5.41) is 0. The zero-order valence-electron chi connectivity index (χ0n) is 21.4. The van der Waals surface area contributed by atoms with Crippen LogP contribution in [-0.4, -0.2) is 29.1 Å². The third-order valence-corrected chi connectivity index (χ3v) is 7.01. The number of carbonyl (C=O) groups is 1. The predicted octanol–water partition coefficient (Wildman–Crippen LogP) is 6.18. The molecule has 0 bridgehead atoms. The average Bonchev–Trinajstić information content (AvgIpc) is 2.78. The largest absolute Gasteiger partial charge is 0.305 e. The summed E-state index contributed by atoms with van der Waals surface area (Å²) in [5.74, 6) is -0.236. The van der Waals surface area contributed by atoms with Gasteiger partial charge in [-0.25, -0.2) is 8.60 Å². The van der Waals surface area contributed by atoms with Crippen LogP contribution in [0.2, 0.25) is 0 Å². The molecule has 0 fully saturated rings. The molecule has 0 radical (unpaired) electrons. The van der Waals surface area contributed by atoms with Crippen LogP contribution in [0.25, 0.3) is 11.1 Å². The van der Waals surface area contributed by atoms with Gasteiger partial charge in [0.1, 0.15) is 5.82 Å². The molecule has 0 aliphatic carbocycles. The summed E-state index contributed by atoms with van der Waals surface area (Å²) < 4.78 is 29.4. The number of halogens is 1. The molecule has 3 rings (SSSR count). The highest BCUT2D eigenvalue weighted by atomic mass is 32.2. The van der Waals surface area contributed by atoms with Gasteiger partial charge in [0, 0.05) is 6.54 Å². The van der Waals surface area contributed by atoms with E-state index in [1.165, 1.54) is 12.1 Å². The van der Waals surface area contributed by atoms with E-state index in [-0.39, 0.29) is 30.0 Å². The molecule has 0 aliphatic heterocycles. The van der Waals surface area contributed by atoms with Crippen LogP contribution in [0.15, 0.2) is 65.6 Å². The van der Waals surface area contributed by atoms with E-state index < -0.39 is 11.0 Å². The van der Waals surface area contributed by atoms with Gasteiger partial charge >= 0.3 is 0 Å². The molecule has 186 valence electrons. The summed E-state index contributed by atoms with van der Waals surface area (Å²) >= 11 is 0. The highest BCUT2D eigenvalue weighted by Gasteiger charge is 2.20. The second kappa shape index (κ2) is 11.7. The number of nitrogens with zero attached hydrogens (tertiary/aromatic N) is 1. The Labute approximate surface area is 211 Å². The Hall–Kier alpha value is -2.83. The van der Waals surface area contributed by atoms with Crippen LogP contribution >= 0.6 is 0 Å². The van der Waals surface area contributed by atoms with E-state index in [4.69, 9.17) is 0 Å². The smallest absolute Gasteiger partial charge is 0.236 e. The Balaban J connectivity index is 1.86. The molecule has 6 heteroatoms. The second-order valence-electron chi connectivity index (χ2n) is 9.81. The third-order valence-electron chi connectivity index (χ3n) is 5.90. The maximum absolute atomic E-state index is 13.9. The molecular weight excluding hydrogens is 459 g/mol. The molecule has 1 amide bonds. The van der Waals surface area contributed by atoms with Gasteiger partial charge in [0.25, 0.3) is 0 Å². The van der Waals surface area contributed by atoms with Crippen molar-refractivity contribution >= 4 is 16.9 Å². The number of carbonyl (C=O) groups excluding carboxylic acids is 1. The number of benzene rings is 3. The summed E-state index contributed by atoms with van der Waals surface area (Å²) in [6.45, 7) is 9.14. The van der Waals surface area contributed by atoms with Gasteiger partial charge in [0.2, 0.25) is 5.91 Å². The van der Waals surface area contributed by atoms with Gasteiger partial charge < -0.3 is 4.90 Å². The first-order valence-corrected chi connectivity index (χ1v) is 13.1. The Bertz CT molecular complexity index is 1170. The monoisotopic (exact) mass is 494 g/mol. The quantitative estimate of drug-likeness (QED) is 0.386. The summed E-state index contributed by atoms with van der Waals surface area (Å²) in [6.07, 6.45) is 0.134. The summed E-state index contributed by atoms with van der Waals surface area (Å²) in [5.41, 5.74) is 5.90. The Morgan fingerprint density at radius 3 is 2.03 bits per heavy atom. The summed E-state index contributed by atoms with van der Waals surface area (Å²) in [7, 11) is 2.35. The normalized spacial score (nSPS) is 12.4. The number of amides is 1. The maximum atomic E-state index is 13.9. The van der Waals surface area contributed by atoms with Crippen molar-refractivity contribution in [2.75, 3.05) is 14.1 Å². The van der Waals surface area contributed by atoms with Crippen molar-refractivity contribution in [2.45, 2.75) is 57.4 Å². The maximum Gasteiger partial charge on any atom is 0.236 e. The number of nitrogens with one attached hydrogen (secondary N) is 1. The minimum Gasteiger partial charge on any atom is -0.305 e. The highest BCUT2D eigenvalue weighted by Crippen LogP contribution is 2.34. The van der Waals surface area contributed by atoms with Crippen molar-refractivity contribution in [1.82, 2.24) is 9.62 Å². The molecule has 35 heavy (non-hydrogen) atoms. The molecule has 3 aromatic rings. The molecule has 0 aliphatic rings. The summed E-state index contributed by atoms with van der Waals surface area (Å²) in [4.78, 5) is 15.6. The number of hydrogen-bond acceptors (Lipinski definition) is 3. The minimum absolute atomic E-state index is 0.134. The Morgan fingerprint density at radius 2 is 1.51 bits per heavy atom. The van der Waals surface area contributed by atoms with Crippen LogP contribution in [0.1, 0.15) is 61.8 Å². The Kier molecular flexibility index (Phi) is 8.98. The lowest BCUT2D eigenvalue weighted by Gasteiger charge is -2.22. The number of rotatable bonds is 9. The predicted molar refractivity (Wildman–Crippen MR) is 142 cm³/mol. The van der Waals surface area contributed by atoms with Gasteiger partial charge in [-0.15, -0.1) is 0 Å². The van der Waals surface area contributed by atoms with E-state index in [1.807, 2.05) is 44.4 Å². The van der Waals surface area contributed by atoms with Crippen LogP contribution < -0.4 is 4.72 Å². The van der Waals surface area contributed by atoms with Crippen molar-refractivity contribution in [3.8, 4) is 11.1 Å². The fourth-order valence-corrected chi connectivity index (χ4v) is 5.01. The van der Waals surface area contributed by atoms with E-state index in [1.54, 1.807) is 18.2 Å². The van der Waals surface area contributed by atoms with Crippen LogP contribution in [0.4, 0.5) is 4.39 Å². The Morgan fingerprint density at radius 1 is 0.914 bits per heavy atom. The average molecular weight is 495 g/mol. The molecule has 3 aromatic carbocycles. The molecular formula is C29H35FN2O2S. The van der Waals surface area contributed by atoms with Crippen molar-refractivity contribution in [3.05, 3.63) is 88.7 Å². The van der Waals surface area contributed by atoms with Crippen LogP contribution in [0.5, 0.6) is 0 Å². The second-order valence-corrected chi connectivity index (χ2v) is 11.0. The SMILES string of the molecule is CC(C)c1cc(-c2cccc(F)c2)cc(C(C)C)c1CC(=O)NS(=O)c1ccc(CN(C)C)cc1. The minimum atomic E-state index is -1.63.